The van der Waals surface area contributed by atoms with Crippen molar-refractivity contribution < 1.29 is 9.53 Å². The maximum Gasteiger partial charge on any atom is 0.265 e. The molecule has 4 rings (SSSR count). The van der Waals surface area contributed by atoms with Crippen molar-refractivity contribution >= 4 is 22.9 Å². The number of thiophene rings is 1. The molecule has 1 aromatic carbocycles. The molecule has 5 nitrogen and oxygen atoms in total. The van der Waals surface area contributed by atoms with E-state index in [2.05, 4.69) is 27.7 Å². The number of hydrogen-bond acceptors (Lipinski definition) is 5. The van der Waals surface area contributed by atoms with Gasteiger partial charge < -0.3 is 15.4 Å². The lowest BCUT2D eigenvalue weighted by Crippen LogP contribution is -2.35. The number of nitrogens with one attached hydrogen (secondary N) is 2. The predicted molar refractivity (Wildman–Crippen MR) is 105 cm³/mol. The third-order valence-electron chi connectivity index (χ3n) is 5.02. The lowest BCUT2D eigenvalue weighted by Gasteiger charge is -2.27. The molecule has 2 saturated heterocycles. The second-order valence-electron chi connectivity index (χ2n) is 6.85. The number of hydrogen-bond donors (Lipinski definition) is 2. The van der Waals surface area contributed by atoms with Crippen LogP contribution >= 0.6 is 11.3 Å². The second kappa shape index (κ2) is 8.31. The average molecular weight is 372 g/mol. The molecule has 1 aromatic heterocycles. The predicted octanol–water partition coefficient (Wildman–Crippen LogP) is 3.26. The van der Waals surface area contributed by atoms with Crippen LogP contribution in [0.4, 0.5) is 5.69 Å². The maximum atomic E-state index is 12.7. The van der Waals surface area contributed by atoms with E-state index in [1.54, 1.807) is 11.3 Å². The van der Waals surface area contributed by atoms with Gasteiger partial charge in [0.2, 0.25) is 0 Å². The van der Waals surface area contributed by atoms with Crippen LogP contribution in [0.15, 0.2) is 36.4 Å². The first kappa shape index (κ1) is 17.7. The second-order valence-corrected chi connectivity index (χ2v) is 7.97. The summed E-state index contributed by atoms with van der Waals surface area (Å²) in [6.07, 6.45) is 2.36. The summed E-state index contributed by atoms with van der Waals surface area (Å²) in [6, 6.07) is 12.5. The first-order valence-electron chi connectivity index (χ1n) is 9.32. The number of nitrogens with zero attached hydrogens (tertiary/aromatic N) is 1. The minimum Gasteiger partial charge on any atom is -0.379 e. The van der Waals surface area contributed by atoms with Crippen LogP contribution in [0.5, 0.6) is 0 Å². The molecule has 0 bridgehead atoms. The summed E-state index contributed by atoms with van der Waals surface area (Å²) >= 11 is 1.60. The quantitative estimate of drug-likeness (QED) is 0.847. The Labute approximate surface area is 158 Å². The fourth-order valence-corrected chi connectivity index (χ4v) is 4.57. The van der Waals surface area contributed by atoms with E-state index in [0.717, 1.165) is 61.9 Å². The molecular formula is C20H25N3O2S. The normalized spacial score (nSPS) is 21.0. The Morgan fingerprint density at radius 3 is 2.88 bits per heavy atom. The summed E-state index contributed by atoms with van der Waals surface area (Å²) < 4.78 is 5.42. The van der Waals surface area contributed by atoms with E-state index in [4.69, 9.17) is 4.74 Å². The van der Waals surface area contributed by atoms with Crippen LogP contribution < -0.4 is 10.6 Å². The third kappa shape index (κ3) is 4.15. The number of ether oxygens (including phenoxy) is 1. The Bertz CT molecular complexity index is 749. The number of rotatable bonds is 5. The van der Waals surface area contributed by atoms with Crippen molar-refractivity contribution in [3.05, 3.63) is 51.7 Å². The molecule has 0 spiro atoms. The van der Waals surface area contributed by atoms with Crippen LogP contribution in [0, 0.1) is 0 Å². The number of carbonyl (C=O) groups is 1. The summed E-state index contributed by atoms with van der Waals surface area (Å²) in [5.74, 6) is -0.0197. The molecular weight excluding hydrogens is 346 g/mol. The van der Waals surface area contributed by atoms with Crippen LogP contribution in [0.1, 0.15) is 39.0 Å². The number of morpholine rings is 1. The van der Waals surface area contributed by atoms with E-state index in [-0.39, 0.29) is 5.91 Å². The van der Waals surface area contributed by atoms with Gasteiger partial charge in [-0.3, -0.25) is 9.69 Å². The van der Waals surface area contributed by atoms with Crippen LogP contribution in [-0.4, -0.2) is 43.7 Å². The van der Waals surface area contributed by atoms with Gasteiger partial charge in [-0.05, 0) is 43.1 Å². The van der Waals surface area contributed by atoms with Crippen molar-refractivity contribution in [3.8, 4) is 0 Å². The van der Waals surface area contributed by atoms with E-state index in [9.17, 15) is 4.79 Å². The van der Waals surface area contributed by atoms with Crippen molar-refractivity contribution in [1.82, 2.24) is 10.2 Å². The van der Waals surface area contributed by atoms with Gasteiger partial charge in [-0.25, -0.2) is 0 Å². The summed E-state index contributed by atoms with van der Waals surface area (Å²) in [7, 11) is 0. The lowest BCUT2D eigenvalue weighted by atomic mass is 10.1. The molecule has 2 fully saturated rings. The smallest absolute Gasteiger partial charge is 0.265 e. The fraction of sp³-hybridized carbons (Fsp3) is 0.450. The van der Waals surface area contributed by atoms with Crippen molar-refractivity contribution in [2.45, 2.75) is 25.4 Å². The first-order chi connectivity index (χ1) is 12.8. The van der Waals surface area contributed by atoms with Gasteiger partial charge >= 0.3 is 0 Å². The van der Waals surface area contributed by atoms with Gasteiger partial charge in [0, 0.05) is 36.2 Å². The highest BCUT2D eigenvalue weighted by molar-refractivity contribution is 7.14. The molecule has 2 aliphatic heterocycles. The Morgan fingerprint density at radius 2 is 2.08 bits per heavy atom. The Kier molecular flexibility index (Phi) is 5.65. The SMILES string of the molecule is O=C(Nc1ccccc1CN1CCOCC1)c1ccc([C@H]2CCCN2)s1. The van der Waals surface area contributed by atoms with Crippen LogP contribution in [0.2, 0.25) is 0 Å². The molecule has 0 radical (unpaired) electrons. The molecule has 3 heterocycles. The molecule has 0 unspecified atom stereocenters. The number of anilines is 1. The summed E-state index contributed by atoms with van der Waals surface area (Å²) in [4.78, 5) is 17.1. The highest BCUT2D eigenvalue weighted by atomic mass is 32.1. The topological polar surface area (TPSA) is 53.6 Å². The Balaban J connectivity index is 1.44. The number of para-hydroxylation sites is 1. The maximum absolute atomic E-state index is 12.7. The molecule has 2 aliphatic rings. The standard InChI is InChI=1S/C20H25N3O2S/c24-20(19-8-7-18(26-19)17-6-3-9-21-17)22-16-5-2-1-4-15(16)14-23-10-12-25-13-11-23/h1-2,4-5,7-8,17,21H,3,6,9-14H2,(H,22,24)/t17-/m1/s1. The van der Waals surface area contributed by atoms with E-state index in [0.29, 0.717) is 6.04 Å². The van der Waals surface area contributed by atoms with Crippen LogP contribution in [0.3, 0.4) is 0 Å². The molecule has 6 heteroatoms. The third-order valence-corrected chi connectivity index (χ3v) is 6.22. The van der Waals surface area contributed by atoms with Gasteiger partial charge in [-0.2, -0.15) is 0 Å². The highest BCUT2D eigenvalue weighted by Gasteiger charge is 2.20. The summed E-state index contributed by atoms with van der Waals surface area (Å²) in [5.41, 5.74) is 2.05. The lowest BCUT2D eigenvalue weighted by molar-refractivity contribution is 0.0342. The van der Waals surface area contributed by atoms with Crippen LogP contribution in [-0.2, 0) is 11.3 Å². The van der Waals surface area contributed by atoms with Gasteiger partial charge in [-0.15, -0.1) is 11.3 Å². The van der Waals surface area contributed by atoms with Crippen molar-refractivity contribution in [2.75, 3.05) is 38.2 Å². The molecule has 0 aliphatic carbocycles. The number of amides is 1. The van der Waals surface area contributed by atoms with Gasteiger partial charge in [-0.1, -0.05) is 18.2 Å². The van der Waals surface area contributed by atoms with Crippen molar-refractivity contribution in [3.63, 3.8) is 0 Å². The average Bonchev–Trinajstić information content (AvgIpc) is 3.36. The molecule has 1 amide bonds. The molecule has 2 aromatic rings. The van der Waals surface area contributed by atoms with Gasteiger partial charge in [0.05, 0.1) is 18.1 Å². The highest BCUT2D eigenvalue weighted by Crippen LogP contribution is 2.30. The van der Waals surface area contributed by atoms with Crippen molar-refractivity contribution in [1.29, 1.82) is 0 Å². The zero-order valence-electron chi connectivity index (χ0n) is 14.9. The molecule has 2 N–H and O–H groups in total. The molecule has 138 valence electrons. The van der Waals surface area contributed by atoms with Gasteiger partial charge in [0.25, 0.3) is 5.91 Å². The zero-order valence-corrected chi connectivity index (χ0v) is 15.7. The minimum absolute atomic E-state index is 0.0197. The van der Waals surface area contributed by atoms with E-state index in [1.165, 1.54) is 11.3 Å². The van der Waals surface area contributed by atoms with Crippen molar-refractivity contribution in [2.24, 2.45) is 0 Å². The molecule has 1 atom stereocenters. The Hall–Kier alpha value is -1.73. The molecule has 0 saturated carbocycles. The van der Waals surface area contributed by atoms with Gasteiger partial charge in [0.1, 0.15) is 0 Å². The number of benzene rings is 1. The van der Waals surface area contributed by atoms with E-state index in [1.807, 2.05) is 24.3 Å². The zero-order chi connectivity index (χ0) is 17.8. The first-order valence-corrected chi connectivity index (χ1v) is 10.1. The van der Waals surface area contributed by atoms with E-state index < -0.39 is 0 Å². The largest absolute Gasteiger partial charge is 0.379 e. The summed E-state index contributed by atoms with van der Waals surface area (Å²) in [5, 5.41) is 6.61. The Morgan fingerprint density at radius 1 is 1.23 bits per heavy atom. The molecule has 26 heavy (non-hydrogen) atoms. The van der Waals surface area contributed by atoms with Gasteiger partial charge in [0.15, 0.2) is 0 Å². The monoisotopic (exact) mass is 371 g/mol. The van der Waals surface area contributed by atoms with Crippen LogP contribution in [0.25, 0.3) is 0 Å². The minimum atomic E-state index is -0.0197. The summed E-state index contributed by atoms with van der Waals surface area (Å²) in [6.45, 7) is 5.33. The van der Waals surface area contributed by atoms with E-state index >= 15 is 0 Å². The number of carbonyl (C=O) groups excluding carboxylic acids is 1. The fourth-order valence-electron chi connectivity index (χ4n) is 3.55.